The normalized spacial score (nSPS) is 16.7. The van der Waals surface area contributed by atoms with Crippen molar-refractivity contribution in [2.45, 2.75) is 25.9 Å². The molecule has 2 heterocycles. The highest BCUT2D eigenvalue weighted by Crippen LogP contribution is 2.34. The van der Waals surface area contributed by atoms with Crippen LogP contribution in [0, 0.1) is 0 Å². The van der Waals surface area contributed by atoms with Crippen LogP contribution in [0.3, 0.4) is 0 Å². The lowest BCUT2D eigenvalue weighted by molar-refractivity contribution is -0.132. The van der Waals surface area contributed by atoms with Crippen molar-refractivity contribution < 1.29 is 28.7 Å². The monoisotopic (exact) mass is 438 g/mol. The molecule has 2 unspecified atom stereocenters. The second kappa shape index (κ2) is 8.58. The molecule has 2 aliphatic heterocycles. The van der Waals surface area contributed by atoms with Crippen LogP contribution in [0.2, 0.25) is 0 Å². The highest BCUT2D eigenvalue weighted by atomic mass is 16.5. The third kappa shape index (κ3) is 3.82. The third-order valence-electron chi connectivity index (χ3n) is 5.33. The van der Waals surface area contributed by atoms with Gasteiger partial charge in [-0.25, -0.2) is 0 Å². The zero-order valence-electron chi connectivity index (χ0n) is 17.5. The Morgan fingerprint density at radius 2 is 1.12 bits per heavy atom. The molecule has 2 atom stereocenters. The van der Waals surface area contributed by atoms with E-state index < -0.39 is 23.9 Å². The number of nitrogens with zero attached hydrogens (tertiary/aromatic N) is 2. The van der Waals surface area contributed by atoms with Crippen molar-refractivity contribution in [1.29, 1.82) is 0 Å². The minimum absolute atomic E-state index is 0.184. The topological polar surface area (TPSA) is 117 Å². The van der Waals surface area contributed by atoms with Crippen LogP contribution in [0.25, 0.3) is 0 Å². The first-order valence-corrected chi connectivity index (χ1v) is 10.1. The summed E-state index contributed by atoms with van der Waals surface area (Å²) in [5.41, 5.74) is 5.64. The first-order chi connectivity index (χ1) is 15.4. The molecular weight excluding hydrogens is 416 g/mol. The third-order valence-corrected chi connectivity index (χ3v) is 5.33. The van der Waals surface area contributed by atoms with E-state index in [1.54, 1.807) is 62.4 Å². The maximum atomic E-state index is 12.7. The molecule has 0 spiro atoms. The maximum absolute atomic E-state index is 12.7. The number of para-hydroxylation sites is 4. The smallest absolute Gasteiger partial charge is 0.265 e. The summed E-state index contributed by atoms with van der Waals surface area (Å²) in [4.78, 5) is 52.8. The number of hydrazine groups is 1. The molecule has 0 aromatic heterocycles. The van der Waals surface area contributed by atoms with Crippen LogP contribution < -0.4 is 30.1 Å². The van der Waals surface area contributed by atoms with Gasteiger partial charge in [-0.3, -0.25) is 39.8 Å². The minimum Gasteiger partial charge on any atom is -0.482 e. The number of benzene rings is 2. The van der Waals surface area contributed by atoms with Gasteiger partial charge in [-0.2, -0.15) is 0 Å². The number of hydrogen-bond acceptors (Lipinski definition) is 6. The van der Waals surface area contributed by atoms with Gasteiger partial charge >= 0.3 is 0 Å². The summed E-state index contributed by atoms with van der Waals surface area (Å²) in [6.45, 7) is 2.73. The number of anilines is 2. The molecular formula is C22H22N4O6. The molecule has 2 aromatic carbocycles. The van der Waals surface area contributed by atoms with Gasteiger partial charge in [-0.15, -0.1) is 0 Å². The van der Waals surface area contributed by atoms with E-state index in [0.29, 0.717) is 22.9 Å². The molecule has 4 amide bonds. The van der Waals surface area contributed by atoms with E-state index in [2.05, 4.69) is 10.9 Å². The molecule has 10 nitrogen and oxygen atoms in total. The number of hydrogen-bond donors (Lipinski definition) is 2. The Morgan fingerprint density at radius 1 is 0.750 bits per heavy atom. The zero-order valence-corrected chi connectivity index (χ0v) is 17.5. The van der Waals surface area contributed by atoms with E-state index >= 15 is 0 Å². The Hall–Kier alpha value is -4.08. The fraction of sp³-hybridized carbons (Fsp3) is 0.273. The highest BCUT2D eigenvalue weighted by molar-refractivity contribution is 6.05. The number of amides is 4. The number of carbonyl (C=O) groups excluding carboxylic acids is 4. The Kier molecular flexibility index (Phi) is 5.67. The predicted octanol–water partition coefficient (Wildman–Crippen LogP) is 0.762. The lowest BCUT2D eigenvalue weighted by Gasteiger charge is -2.34. The fourth-order valence-electron chi connectivity index (χ4n) is 3.66. The van der Waals surface area contributed by atoms with Crippen molar-refractivity contribution in [2.24, 2.45) is 0 Å². The van der Waals surface area contributed by atoms with Crippen molar-refractivity contribution in [3.8, 4) is 11.5 Å². The van der Waals surface area contributed by atoms with E-state index in [4.69, 9.17) is 9.47 Å². The molecule has 4 rings (SSSR count). The molecule has 0 aliphatic carbocycles. The van der Waals surface area contributed by atoms with Gasteiger partial charge in [-0.1, -0.05) is 24.3 Å². The largest absolute Gasteiger partial charge is 0.482 e. The summed E-state index contributed by atoms with van der Waals surface area (Å²) < 4.78 is 10.8. The summed E-state index contributed by atoms with van der Waals surface area (Å²) in [7, 11) is 0. The Balaban J connectivity index is 1.43. The summed E-state index contributed by atoms with van der Waals surface area (Å²) >= 11 is 0. The molecule has 10 heteroatoms. The van der Waals surface area contributed by atoms with Gasteiger partial charge < -0.3 is 9.47 Å². The van der Waals surface area contributed by atoms with Crippen molar-refractivity contribution in [2.75, 3.05) is 23.0 Å². The summed E-state index contributed by atoms with van der Waals surface area (Å²) in [5.74, 6) is -0.945. The van der Waals surface area contributed by atoms with Gasteiger partial charge in [0.15, 0.2) is 13.2 Å². The average molecular weight is 438 g/mol. The standard InChI is InChI=1S/C22H22N4O6/c1-13(25-15-7-3-5-9-17(15)31-11-19(25)27)21(29)23-24-22(30)14(2)26-16-8-4-6-10-18(16)32-12-20(26)28/h3-10,13-14H,11-12H2,1-2H3,(H,23,29)(H,24,30). The molecule has 2 aliphatic rings. The summed E-state index contributed by atoms with van der Waals surface area (Å²) in [6.07, 6.45) is 0. The van der Waals surface area contributed by atoms with Crippen molar-refractivity contribution in [3.63, 3.8) is 0 Å². The van der Waals surface area contributed by atoms with Gasteiger partial charge in [0.05, 0.1) is 11.4 Å². The lowest BCUT2D eigenvalue weighted by Crippen LogP contribution is -2.58. The summed E-state index contributed by atoms with van der Waals surface area (Å²) in [5, 5.41) is 0. The number of rotatable bonds is 4. The van der Waals surface area contributed by atoms with E-state index in [1.807, 2.05) is 0 Å². The van der Waals surface area contributed by atoms with E-state index in [0.717, 1.165) is 0 Å². The molecule has 0 saturated carbocycles. The number of carbonyl (C=O) groups is 4. The second-order valence-corrected chi connectivity index (χ2v) is 7.37. The predicted molar refractivity (Wildman–Crippen MR) is 114 cm³/mol. The molecule has 2 N–H and O–H groups in total. The Bertz CT molecular complexity index is 1000. The van der Waals surface area contributed by atoms with Crippen molar-refractivity contribution in [3.05, 3.63) is 48.5 Å². The van der Waals surface area contributed by atoms with Gasteiger partial charge in [0.1, 0.15) is 23.6 Å². The van der Waals surface area contributed by atoms with E-state index in [1.165, 1.54) is 9.80 Å². The molecule has 0 bridgehead atoms. The lowest BCUT2D eigenvalue weighted by atomic mass is 10.1. The average Bonchev–Trinajstić information content (AvgIpc) is 2.81. The van der Waals surface area contributed by atoms with Crippen LogP contribution in [0.15, 0.2) is 48.5 Å². The first kappa shape index (κ1) is 21.2. The summed E-state index contributed by atoms with van der Waals surface area (Å²) in [6, 6.07) is 12.0. The highest BCUT2D eigenvalue weighted by Gasteiger charge is 2.35. The molecule has 0 fully saturated rings. The van der Waals surface area contributed by atoms with Crippen LogP contribution in [-0.4, -0.2) is 48.9 Å². The van der Waals surface area contributed by atoms with E-state index in [9.17, 15) is 19.2 Å². The van der Waals surface area contributed by atoms with Crippen LogP contribution in [0.4, 0.5) is 11.4 Å². The van der Waals surface area contributed by atoms with Gasteiger partial charge in [-0.05, 0) is 38.1 Å². The van der Waals surface area contributed by atoms with Crippen LogP contribution in [-0.2, 0) is 19.2 Å². The van der Waals surface area contributed by atoms with Crippen LogP contribution >= 0.6 is 0 Å². The zero-order chi connectivity index (χ0) is 22.8. The molecule has 166 valence electrons. The quantitative estimate of drug-likeness (QED) is 0.681. The van der Waals surface area contributed by atoms with Gasteiger partial charge in [0, 0.05) is 0 Å². The number of nitrogens with one attached hydrogen (secondary N) is 2. The molecule has 0 saturated heterocycles. The van der Waals surface area contributed by atoms with Crippen LogP contribution in [0.1, 0.15) is 13.8 Å². The molecule has 0 radical (unpaired) electrons. The van der Waals surface area contributed by atoms with Crippen molar-refractivity contribution >= 4 is 35.0 Å². The van der Waals surface area contributed by atoms with Crippen LogP contribution in [0.5, 0.6) is 11.5 Å². The Labute approximate surface area is 184 Å². The number of fused-ring (bicyclic) bond motifs is 2. The fourth-order valence-corrected chi connectivity index (χ4v) is 3.66. The molecule has 2 aromatic rings. The first-order valence-electron chi connectivity index (χ1n) is 10.1. The SMILES string of the molecule is CC(C(=O)NNC(=O)C(C)N1C(=O)COc2ccccc21)N1C(=O)COc2ccccc21. The van der Waals surface area contributed by atoms with Gasteiger partial charge in [0.25, 0.3) is 23.6 Å². The number of ether oxygens (including phenoxy) is 2. The van der Waals surface area contributed by atoms with Crippen molar-refractivity contribution in [1.82, 2.24) is 10.9 Å². The van der Waals surface area contributed by atoms with E-state index in [-0.39, 0.29) is 25.0 Å². The minimum atomic E-state index is -0.908. The second-order valence-electron chi connectivity index (χ2n) is 7.37. The Morgan fingerprint density at radius 3 is 1.53 bits per heavy atom. The molecule has 32 heavy (non-hydrogen) atoms. The van der Waals surface area contributed by atoms with Gasteiger partial charge in [0.2, 0.25) is 0 Å². The maximum Gasteiger partial charge on any atom is 0.265 e.